The van der Waals surface area contributed by atoms with Crippen LogP contribution >= 0.6 is 0 Å². The third-order valence-electron chi connectivity index (χ3n) is 9.61. The zero-order valence-corrected chi connectivity index (χ0v) is 31.8. The Morgan fingerprint density at radius 1 is 0.962 bits per heavy atom. The van der Waals surface area contributed by atoms with E-state index in [1.165, 1.54) is 35.2 Å². The van der Waals surface area contributed by atoms with Gasteiger partial charge in [0.05, 0.1) is 11.4 Å². The van der Waals surface area contributed by atoms with Gasteiger partial charge in [0.15, 0.2) is 0 Å². The number of fused-ring (bicyclic) bond motifs is 1. The van der Waals surface area contributed by atoms with Gasteiger partial charge in [-0.25, -0.2) is 22.7 Å². The Hall–Kier alpha value is -4.92. The van der Waals surface area contributed by atoms with Crippen molar-refractivity contribution in [3.05, 3.63) is 78.4 Å². The van der Waals surface area contributed by atoms with E-state index in [9.17, 15) is 32.4 Å². The van der Waals surface area contributed by atoms with Crippen LogP contribution in [0.5, 0.6) is 0 Å². The first-order chi connectivity index (χ1) is 24.7. The SMILES string of the molecule is C=CC1C[C@]1(NC(=O)[C@@H]1C[C@@H](OC(=O)N2CCc3ccccc3C2)CN1C(=O)[C@@H](NC(=O)OC(C)(C)C)C(C)(C)C)C(=O)NS(=O)(=O)c1ccccc1. The van der Waals surface area contributed by atoms with E-state index >= 15 is 0 Å². The van der Waals surface area contributed by atoms with Crippen LogP contribution in [-0.4, -0.2) is 90.5 Å². The van der Waals surface area contributed by atoms with Crippen LogP contribution < -0.4 is 15.4 Å². The van der Waals surface area contributed by atoms with Gasteiger partial charge < -0.3 is 29.9 Å². The zero-order chi connectivity index (χ0) is 38.9. The minimum absolute atomic E-state index is 0.0682. The van der Waals surface area contributed by atoms with E-state index in [2.05, 4.69) is 21.9 Å². The van der Waals surface area contributed by atoms with Crippen molar-refractivity contribution in [2.24, 2.45) is 11.3 Å². The predicted molar refractivity (Wildman–Crippen MR) is 195 cm³/mol. The van der Waals surface area contributed by atoms with Crippen molar-refractivity contribution in [1.29, 1.82) is 0 Å². The second kappa shape index (κ2) is 14.8. The second-order valence-electron chi connectivity index (χ2n) is 15.9. The molecule has 5 amide bonds. The van der Waals surface area contributed by atoms with Crippen molar-refractivity contribution in [1.82, 2.24) is 25.2 Å². The Kier molecular flexibility index (Phi) is 11.0. The van der Waals surface area contributed by atoms with Gasteiger partial charge in [-0.2, -0.15) is 0 Å². The third-order valence-corrected chi connectivity index (χ3v) is 11.0. The molecule has 14 nitrogen and oxygen atoms in total. The second-order valence-corrected chi connectivity index (χ2v) is 17.6. The van der Waals surface area contributed by atoms with Gasteiger partial charge in [0.1, 0.15) is 29.3 Å². The summed E-state index contributed by atoms with van der Waals surface area (Å²) in [6.45, 7) is 14.6. The molecule has 5 rings (SSSR count). The maximum absolute atomic E-state index is 14.4. The molecule has 2 aromatic carbocycles. The van der Waals surface area contributed by atoms with E-state index < -0.39 is 80.6 Å². The van der Waals surface area contributed by atoms with Crippen LogP contribution in [0.3, 0.4) is 0 Å². The maximum Gasteiger partial charge on any atom is 0.410 e. The van der Waals surface area contributed by atoms with Gasteiger partial charge in [-0.1, -0.05) is 69.3 Å². The first kappa shape index (κ1) is 39.3. The maximum atomic E-state index is 14.4. The topological polar surface area (TPSA) is 181 Å². The monoisotopic (exact) mass is 751 g/mol. The molecule has 0 bridgehead atoms. The molecule has 2 heterocycles. The highest BCUT2D eigenvalue weighted by atomic mass is 32.2. The highest BCUT2D eigenvalue weighted by Crippen LogP contribution is 2.45. The van der Waals surface area contributed by atoms with E-state index in [1.54, 1.807) is 52.5 Å². The fraction of sp³-hybridized carbons (Fsp3) is 0.500. The minimum atomic E-state index is -4.28. The molecule has 3 aliphatic rings. The molecule has 286 valence electrons. The lowest BCUT2D eigenvalue weighted by Crippen LogP contribution is -2.60. The number of carbonyl (C=O) groups is 5. The van der Waals surface area contributed by atoms with E-state index in [0.717, 1.165) is 11.1 Å². The largest absolute Gasteiger partial charge is 0.444 e. The van der Waals surface area contributed by atoms with Gasteiger partial charge >= 0.3 is 12.2 Å². The number of hydrogen-bond acceptors (Lipinski definition) is 9. The summed E-state index contributed by atoms with van der Waals surface area (Å²) in [4.78, 5) is 71.3. The lowest BCUT2D eigenvalue weighted by Gasteiger charge is -2.36. The number of hydrogen-bond donors (Lipinski definition) is 3. The normalized spacial score (nSPS) is 23.2. The molecule has 1 aliphatic carbocycles. The van der Waals surface area contributed by atoms with E-state index in [0.29, 0.717) is 19.5 Å². The van der Waals surface area contributed by atoms with E-state index in [1.807, 2.05) is 24.3 Å². The fourth-order valence-corrected chi connectivity index (χ4v) is 7.75. The first-order valence-corrected chi connectivity index (χ1v) is 19.1. The average Bonchev–Trinajstić information content (AvgIpc) is 3.64. The Bertz CT molecular complexity index is 1870. The van der Waals surface area contributed by atoms with E-state index in [-0.39, 0.29) is 24.3 Å². The van der Waals surface area contributed by atoms with Crippen LogP contribution in [0.2, 0.25) is 0 Å². The molecule has 1 saturated heterocycles. The zero-order valence-electron chi connectivity index (χ0n) is 31.0. The Balaban J connectivity index is 1.39. The molecule has 2 fully saturated rings. The standard InChI is InChI=1S/C38H49N5O9S/c1-8-26-21-38(26,33(46)41-53(49,50)28-16-10-9-11-17-28)40-31(44)29-20-27(51-35(48)42-19-18-24-14-12-13-15-25(24)22-42)23-43(29)32(45)30(36(2,3)4)39-34(47)52-37(5,6)7/h8-17,26-27,29-30H,1,18-23H2,2-7H3,(H,39,47)(H,40,44)(H,41,46)/t26?,27-,29+,30-,38-/m1/s1. The number of alkyl carbamates (subject to hydrolysis) is 1. The van der Waals surface area contributed by atoms with Crippen molar-refractivity contribution in [3.8, 4) is 0 Å². The molecule has 1 saturated carbocycles. The number of nitrogens with zero attached hydrogens (tertiary/aromatic N) is 2. The van der Waals surface area contributed by atoms with Gasteiger partial charge in [0.25, 0.3) is 15.9 Å². The average molecular weight is 752 g/mol. The van der Waals surface area contributed by atoms with Gasteiger partial charge in [-0.05, 0) is 62.3 Å². The minimum Gasteiger partial charge on any atom is -0.444 e. The highest BCUT2D eigenvalue weighted by Gasteiger charge is 2.61. The Morgan fingerprint density at radius 2 is 1.60 bits per heavy atom. The molecule has 0 spiro atoms. The van der Waals surface area contributed by atoms with Crippen LogP contribution in [-0.2, 0) is 46.8 Å². The number of ether oxygens (including phenoxy) is 2. The predicted octanol–water partition coefficient (Wildman–Crippen LogP) is 3.66. The number of rotatable bonds is 9. The molecule has 1 unspecified atom stereocenters. The Morgan fingerprint density at radius 3 is 2.21 bits per heavy atom. The molecule has 0 radical (unpaired) electrons. The van der Waals surface area contributed by atoms with Crippen molar-refractivity contribution in [2.45, 2.75) is 102 Å². The molecule has 3 N–H and O–H groups in total. The summed E-state index contributed by atoms with van der Waals surface area (Å²) in [5, 5.41) is 5.38. The van der Waals surface area contributed by atoms with Gasteiger partial charge in [-0.15, -0.1) is 6.58 Å². The van der Waals surface area contributed by atoms with Crippen LogP contribution in [0.15, 0.2) is 72.1 Å². The van der Waals surface area contributed by atoms with Crippen molar-refractivity contribution in [3.63, 3.8) is 0 Å². The number of likely N-dealkylation sites (tertiary alicyclic amines) is 1. The molecule has 2 aliphatic heterocycles. The number of sulfonamides is 1. The van der Waals surface area contributed by atoms with Crippen molar-refractivity contribution in [2.75, 3.05) is 13.1 Å². The quantitative estimate of drug-likeness (QED) is 0.323. The highest BCUT2D eigenvalue weighted by molar-refractivity contribution is 7.90. The summed E-state index contributed by atoms with van der Waals surface area (Å²) in [6.07, 6.45) is -0.305. The first-order valence-electron chi connectivity index (χ1n) is 17.6. The van der Waals surface area contributed by atoms with Crippen molar-refractivity contribution < 1.29 is 41.9 Å². The smallest absolute Gasteiger partial charge is 0.410 e. The fourth-order valence-electron chi connectivity index (χ4n) is 6.69. The van der Waals surface area contributed by atoms with Gasteiger partial charge in [0.2, 0.25) is 11.8 Å². The van der Waals surface area contributed by atoms with Crippen molar-refractivity contribution >= 4 is 39.9 Å². The molecule has 53 heavy (non-hydrogen) atoms. The molecule has 15 heteroatoms. The number of nitrogens with one attached hydrogen (secondary N) is 3. The summed E-state index contributed by atoms with van der Waals surface area (Å²) in [5.74, 6) is -2.95. The number of carbonyl (C=O) groups excluding carboxylic acids is 5. The molecule has 0 aromatic heterocycles. The van der Waals surface area contributed by atoms with Crippen LogP contribution in [0.4, 0.5) is 9.59 Å². The lowest BCUT2D eigenvalue weighted by molar-refractivity contribution is -0.143. The lowest BCUT2D eigenvalue weighted by atomic mass is 9.85. The molecule has 2 aromatic rings. The van der Waals surface area contributed by atoms with Crippen LogP contribution in [0.25, 0.3) is 0 Å². The molecular weight excluding hydrogens is 703 g/mol. The summed E-state index contributed by atoms with van der Waals surface area (Å²) < 4.78 is 39.6. The molecule has 5 atom stereocenters. The Labute approximate surface area is 310 Å². The summed E-state index contributed by atoms with van der Waals surface area (Å²) >= 11 is 0. The number of benzene rings is 2. The third kappa shape index (κ3) is 9.00. The summed E-state index contributed by atoms with van der Waals surface area (Å²) in [6, 6.07) is 12.7. The van der Waals surface area contributed by atoms with Crippen LogP contribution in [0.1, 0.15) is 65.5 Å². The van der Waals surface area contributed by atoms with Gasteiger partial charge in [-0.3, -0.25) is 14.4 Å². The van der Waals surface area contributed by atoms with Crippen LogP contribution in [0, 0.1) is 11.3 Å². The van der Waals surface area contributed by atoms with Gasteiger partial charge in [0, 0.05) is 25.4 Å². The number of amides is 5. The summed E-state index contributed by atoms with van der Waals surface area (Å²) in [5.41, 5.74) is -1.24. The van der Waals surface area contributed by atoms with E-state index in [4.69, 9.17) is 9.47 Å². The summed E-state index contributed by atoms with van der Waals surface area (Å²) in [7, 11) is -4.28. The molecular formula is C38H49N5O9S.